The number of carbonyl (C=O) groups excluding carboxylic acids is 2. The smallest absolute Gasteiger partial charge is 0.262 e. The van der Waals surface area contributed by atoms with Crippen LogP contribution in [-0.4, -0.2) is 32.5 Å². The van der Waals surface area contributed by atoms with Crippen molar-refractivity contribution in [1.29, 1.82) is 0 Å². The Balaban J connectivity index is 1.96. The maximum Gasteiger partial charge on any atom is 0.262 e. The normalized spacial score (nSPS) is 10.0. The van der Waals surface area contributed by atoms with Gasteiger partial charge in [0.05, 0.1) is 19.3 Å². The highest BCUT2D eigenvalue weighted by Gasteiger charge is 2.09. The number of methoxy groups -OCH3 is 1. The van der Waals surface area contributed by atoms with Gasteiger partial charge >= 0.3 is 0 Å². The number of ether oxygens (including phenoxy) is 3. The van der Waals surface area contributed by atoms with Crippen LogP contribution in [0.4, 0.5) is 5.69 Å². The van der Waals surface area contributed by atoms with E-state index in [-0.39, 0.29) is 12.5 Å². The number of rotatable bonds is 9. The fourth-order valence-electron chi connectivity index (χ4n) is 2.06. The fraction of sp³-hybridized carbons (Fsp3) is 0.263. The average molecular weight is 343 g/mol. The molecule has 0 bridgehead atoms. The van der Waals surface area contributed by atoms with E-state index in [1.165, 1.54) is 0 Å². The lowest BCUT2D eigenvalue weighted by Crippen LogP contribution is -2.20. The van der Waals surface area contributed by atoms with Gasteiger partial charge in [0.2, 0.25) is 0 Å². The average Bonchev–Trinajstić information content (AvgIpc) is 2.65. The highest BCUT2D eigenvalue weighted by atomic mass is 16.5. The molecule has 0 saturated heterocycles. The number of hydrogen-bond acceptors (Lipinski definition) is 5. The van der Waals surface area contributed by atoms with Crippen molar-refractivity contribution in [2.45, 2.75) is 13.3 Å². The Labute approximate surface area is 146 Å². The molecule has 0 unspecified atom stereocenters. The van der Waals surface area contributed by atoms with E-state index in [4.69, 9.17) is 14.2 Å². The molecule has 0 saturated carbocycles. The third-order valence-corrected chi connectivity index (χ3v) is 3.32. The summed E-state index contributed by atoms with van der Waals surface area (Å²) in [7, 11) is 1.57. The van der Waals surface area contributed by atoms with Crippen LogP contribution in [0.1, 0.15) is 23.7 Å². The molecule has 0 heterocycles. The molecule has 25 heavy (non-hydrogen) atoms. The number of benzene rings is 2. The first-order valence-electron chi connectivity index (χ1n) is 7.95. The zero-order valence-corrected chi connectivity index (χ0v) is 14.3. The maximum atomic E-state index is 12.0. The molecule has 1 amide bonds. The number of anilines is 1. The van der Waals surface area contributed by atoms with Crippen LogP contribution < -0.4 is 19.5 Å². The molecule has 0 radical (unpaired) electrons. The summed E-state index contributed by atoms with van der Waals surface area (Å²) in [6, 6.07) is 11.9. The molecule has 2 rings (SSSR count). The predicted octanol–water partition coefficient (Wildman–Crippen LogP) is 3.31. The van der Waals surface area contributed by atoms with Crippen molar-refractivity contribution in [2.75, 3.05) is 25.6 Å². The molecule has 2 aromatic carbocycles. The van der Waals surface area contributed by atoms with Crippen LogP contribution in [-0.2, 0) is 4.79 Å². The Bertz CT molecular complexity index is 712. The van der Waals surface area contributed by atoms with Crippen LogP contribution in [0.5, 0.6) is 17.2 Å². The lowest BCUT2D eigenvalue weighted by molar-refractivity contribution is -0.118. The van der Waals surface area contributed by atoms with E-state index < -0.39 is 0 Å². The van der Waals surface area contributed by atoms with Gasteiger partial charge in [0, 0.05) is 11.8 Å². The number of carbonyl (C=O) groups is 2. The van der Waals surface area contributed by atoms with E-state index in [0.717, 1.165) is 6.42 Å². The number of hydrogen-bond donors (Lipinski definition) is 1. The van der Waals surface area contributed by atoms with Crippen molar-refractivity contribution >= 4 is 17.9 Å². The molecule has 0 aromatic heterocycles. The standard InChI is InChI=1S/C19H21NO5/c1-3-10-24-17-7-4-14(12-21)18(11-17)25-13-19(22)20-15-5-8-16(23-2)9-6-15/h4-9,11-12H,3,10,13H2,1-2H3,(H,20,22). The van der Waals surface area contributed by atoms with Crippen molar-refractivity contribution in [3.63, 3.8) is 0 Å². The second kappa shape index (κ2) is 9.32. The highest BCUT2D eigenvalue weighted by molar-refractivity contribution is 5.92. The molecule has 0 aliphatic heterocycles. The van der Waals surface area contributed by atoms with Gasteiger partial charge in [-0.05, 0) is 42.8 Å². The summed E-state index contributed by atoms with van der Waals surface area (Å²) >= 11 is 0. The summed E-state index contributed by atoms with van der Waals surface area (Å²) in [5.74, 6) is 1.28. The Morgan fingerprint density at radius 2 is 1.80 bits per heavy atom. The molecule has 1 N–H and O–H groups in total. The molecule has 6 nitrogen and oxygen atoms in total. The van der Waals surface area contributed by atoms with E-state index in [2.05, 4.69) is 5.32 Å². The quantitative estimate of drug-likeness (QED) is 0.707. The van der Waals surface area contributed by atoms with Gasteiger partial charge in [0.15, 0.2) is 12.9 Å². The van der Waals surface area contributed by atoms with E-state index in [1.54, 1.807) is 49.6 Å². The molecular weight excluding hydrogens is 322 g/mol. The summed E-state index contributed by atoms with van der Waals surface area (Å²) in [6.45, 7) is 2.35. The minimum Gasteiger partial charge on any atom is -0.497 e. The van der Waals surface area contributed by atoms with Gasteiger partial charge in [-0.3, -0.25) is 9.59 Å². The van der Waals surface area contributed by atoms with Gasteiger partial charge in [-0.25, -0.2) is 0 Å². The van der Waals surface area contributed by atoms with Crippen molar-refractivity contribution in [3.05, 3.63) is 48.0 Å². The number of amides is 1. The van der Waals surface area contributed by atoms with Gasteiger partial charge in [0.25, 0.3) is 5.91 Å². The Hall–Kier alpha value is -3.02. The van der Waals surface area contributed by atoms with Gasteiger partial charge in [-0.15, -0.1) is 0 Å². The van der Waals surface area contributed by atoms with Crippen molar-refractivity contribution in [2.24, 2.45) is 0 Å². The monoisotopic (exact) mass is 343 g/mol. The maximum absolute atomic E-state index is 12.0. The first-order valence-corrected chi connectivity index (χ1v) is 7.95. The lowest BCUT2D eigenvalue weighted by atomic mass is 10.2. The van der Waals surface area contributed by atoms with Crippen LogP contribution >= 0.6 is 0 Å². The largest absolute Gasteiger partial charge is 0.497 e. The summed E-state index contributed by atoms with van der Waals surface area (Å²) < 4.78 is 16.1. The Morgan fingerprint density at radius 3 is 2.44 bits per heavy atom. The molecule has 0 spiro atoms. The summed E-state index contributed by atoms with van der Waals surface area (Å²) in [4.78, 5) is 23.1. The zero-order valence-electron chi connectivity index (χ0n) is 14.3. The molecular formula is C19H21NO5. The van der Waals surface area contributed by atoms with E-state index in [9.17, 15) is 9.59 Å². The lowest BCUT2D eigenvalue weighted by Gasteiger charge is -2.11. The SMILES string of the molecule is CCCOc1ccc(C=O)c(OCC(=O)Nc2ccc(OC)cc2)c1. The second-order valence-corrected chi connectivity index (χ2v) is 5.23. The van der Waals surface area contributed by atoms with Crippen molar-refractivity contribution in [1.82, 2.24) is 0 Å². The molecule has 6 heteroatoms. The minimum absolute atomic E-state index is 0.218. The first-order chi connectivity index (χ1) is 12.2. The predicted molar refractivity (Wildman–Crippen MR) is 94.7 cm³/mol. The number of nitrogens with one attached hydrogen (secondary N) is 1. The number of aldehydes is 1. The van der Waals surface area contributed by atoms with Crippen molar-refractivity contribution < 1.29 is 23.8 Å². The molecule has 0 aliphatic rings. The van der Waals surface area contributed by atoms with Crippen molar-refractivity contribution in [3.8, 4) is 17.2 Å². The van der Waals surface area contributed by atoms with E-state index in [1.807, 2.05) is 6.92 Å². The highest BCUT2D eigenvalue weighted by Crippen LogP contribution is 2.24. The Morgan fingerprint density at radius 1 is 1.08 bits per heavy atom. The zero-order chi connectivity index (χ0) is 18.1. The molecule has 132 valence electrons. The Kier molecular flexibility index (Phi) is 6.83. The molecule has 2 aromatic rings. The molecule has 0 aliphatic carbocycles. The van der Waals surface area contributed by atoms with Crippen LogP contribution in [0.15, 0.2) is 42.5 Å². The van der Waals surface area contributed by atoms with Crippen LogP contribution in [0.3, 0.4) is 0 Å². The van der Waals surface area contributed by atoms with Crippen LogP contribution in [0.25, 0.3) is 0 Å². The van der Waals surface area contributed by atoms with Gasteiger partial charge in [0.1, 0.15) is 17.2 Å². The van der Waals surface area contributed by atoms with Crippen LogP contribution in [0.2, 0.25) is 0 Å². The third kappa shape index (κ3) is 5.53. The van der Waals surface area contributed by atoms with Gasteiger partial charge < -0.3 is 19.5 Å². The molecule has 0 fully saturated rings. The summed E-state index contributed by atoms with van der Waals surface area (Å²) in [6.07, 6.45) is 1.55. The second-order valence-electron chi connectivity index (χ2n) is 5.23. The first kappa shape index (κ1) is 18.3. The third-order valence-electron chi connectivity index (χ3n) is 3.32. The topological polar surface area (TPSA) is 73.9 Å². The van der Waals surface area contributed by atoms with E-state index in [0.29, 0.717) is 41.4 Å². The molecule has 0 atom stereocenters. The van der Waals surface area contributed by atoms with Crippen LogP contribution in [0, 0.1) is 0 Å². The summed E-state index contributed by atoms with van der Waals surface area (Å²) in [5, 5.41) is 2.71. The van der Waals surface area contributed by atoms with Gasteiger partial charge in [-0.1, -0.05) is 6.92 Å². The van der Waals surface area contributed by atoms with E-state index >= 15 is 0 Å². The summed E-state index contributed by atoms with van der Waals surface area (Å²) in [5.41, 5.74) is 0.992. The fourth-order valence-corrected chi connectivity index (χ4v) is 2.06. The van der Waals surface area contributed by atoms with Gasteiger partial charge in [-0.2, -0.15) is 0 Å². The minimum atomic E-state index is -0.332.